The quantitative estimate of drug-likeness (QED) is 0.275. The van der Waals surface area contributed by atoms with E-state index in [1.807, 2.05) is 12.1 Å². The zero-order valence-electron chi connectivity index (χ0n) is 6.28. The van der Waals surface area contributed by atoms with Crippen LogP contribution in [0.2, 0.25) is 0 Å². The van der Waals surface area contributed by atoms with Gasteiger partial charge in [-0.2, -0.15) is 0 Å². The van der Waals surface area contributed by atoms with E-state index in [0.29, 0.717) is 11.4 Å². The Morgan fingerprint density at radius 2 is 2.27 bits per heavy atom. The van der Waals surface area contributed by atoms with Crippen LogP contribution in [0.1, 0.15) is 12.5 Å². The molecule has 1 aromatic rings. The Kier molecular flexibility index (Phi) is 2.11. The number of nitrogen functional groups attached to an aromatic ring is 1. The van der Waals surface area contributed by atoms with E-state index in [-0.39, 0.29) is 0 Å². The zero-order valence-corrected chi connectivity index (χ0v) is 6.28. The van der Waals surface area contributed by atoms with Gasteiger partial charge in [-0.15, -0.1) is 0 Å². The Hall–Kier alpha value is -1.51. The molecule has 0 aliphatic heterocycles. The van der Waals surface area contributed by atoms with Crippen LogP contribution in [-0.2, 0) is 0 Å². The lowest BCUT2D eigenvalue weighted by Gasteiger charge is -1.98. The summed E-state index contributed by atoms with van der Waals surface area (Å²) >= 11 is 0. The minimum Gasteiger partial charge on any atom is -0.411 e. The molecule has 0 amide bonds. The molecule has 0 saturated heterocycles. The molecule has 0 aliphatic carbocycles. The minimum atomic E-state index is 0.567. The van der Waals surface area contributed by atoms with Gasteiger partial charge in [0.05, 0.1) is 5.71 Å². The lowest BCUT2D eigenvalue weighted by Crippen LogP contribution is -1.95. The summed E-state index contributed by atoms with van der Waals surface area (Å²) in [5.41, 5.74) is 7.59. The Morgan fingerprint density at radius 3 is 2.82 bits per heavy atom. The van der Waals surface area contributed by atoms with Crippen LogP contribution in [0.3, 0.4) is 0 Å². The summed E-state index contributed by atoms with van der Waals surface area (Å²) in [6, 6.07) is 7.20. The Bertz CT molecular complexity index is 281. The van der Waals surface area contributed by atoms with Gasteiger partial charge in [0.15, 0.2) is 0 Å². The van der Waals surface area contributed by atoms with E-state index >= 15 is 0 Å². The van der Waals surface area contributed by atoms with E-state index in [9.17, 15) is 0 Å². The van der Waals surface area contributed by atoms with E-state index in [4.69, 9.17) is 10.9 Å². The molecule has 0 spiro atoms. The van der Waals surface area contributed by atoms with E-state index in [1.54, 1.807) is 19.1 Å². The number of nitrogens with two attached hydrogens (primary N) is 1. The third-order valence-electron chi connectivity index (χ3n) is 1.45. The molecule has 0 bridgehead atoms. The van der Waals surface area contributed by atoms with Gasteiger partial charge in [-0.25, -0.2) is 0 Å². The van der Waals surface area contributed by atoms with Crippen molar-refractivity contribution in [3.63, 3.8) is 0 Å². The highest BCUT2D eigenvalue weighted by molar-refractivity contribution is 5.98. The fourth-order valence-corrected chi connectivity index (χ4v) is 0.821. The summed E-state index contributed by atoms with van der Waals surface area (Å²) in [6.07, 6.45) is 0. The average Bonchev–Trinajstić information content (AvgIpc) is 2.03. The largest absolute Gasteiger partial charge is 0.411 e. The third-order valence-corrected chi connectivity index (χ3v) is 1.45. The van der Waals surface area contributed by atoms with Crippen LogP contribution in [0.15, 0.2) is 29.4 Å². The summed E-state index contributed by atoms with van der Waals surface area (Å²) in [5, 5.41) is 11.5. The van der Waals surface area contributed by atoms with Crippen LogP contribution in [0.5, 0.6) is 0 Å². The molecule has 3 N–H and O–H groups in total. The average molecular weight is 150 g/mol. The molecule has 11 heavy (non-hydrogen) atoms. The zero-order chi connectivity index (χ0) is 8.27. The van der Waals surface area contributed by atoms with Crippen LogP contribution < -0.4 is 5.73 Å². The van der Waals surface area contributed by atoms with Crippen molar-refractivity contribution < 1.29 is 5.21 Å². The maximum Gasteiger partial charge on any atom is 0.0837 e. The number of benzene rings is 1. The van der Waals surface area contributed by atoms with Crippen LogP contribution in [0.4, 0.5) is 5.69 Å². The number of hydrogen-bond donors (Lipinski definition) is 2. The fraction of sp³-hybridized carbons (Fsp3) is 0.125. The molecule has 0 aliphatic rings. The van der Waals surface area contributed by atoms with Crippen molar-refractivity contribution in [3.8, 4) is 0 Å². The predicted octanol–water partition coefficient (Wildman–Crippen LogP) is 1.47. The van der Waals surface area contributed by atoms with Crippen molar-refractivity contribution in [1.82, 2.24) is 0 Å². The van der Waals surface area contributed by atoms with Gasteiger partial charge in [0.2, 0.25) is 0 Å². The van der Waals surface area contributed by atoms with Gasteiger partial charge in [0, 0.05) is 11.3 Å². The summed E-state index contributed by atoms with van der Waals surface area (Å²) in [7, 11) is 0. The Morgan fingerprint density at radius 1 is 1.55 bits per heavy atom. The van der Waals surface area contributed by atoms with E-state index in [1.165, 1.54) is 0 Å². The van der Waals surface area contributed by atoms with Gasteiger partial charge in [-0.3, -0.25) is 0 Å². The number of anilines is 1. The highest BCUT2D eigenvalue weighted by Crippen LogP contribution is 2.06. The minimum absolute atomic E-state index is 0.567. The van der Waals surface area contributed by atoms with Crippen molar-refractivity contribution in [2.75, 3.05) is 5.73 Å². The van der Waals surface area contributed by atoms with Gasteiger partial charge < -0.3 is 10.9 Å². The number of rotatable bonds is 1. The van der Waals surface area contributed by atoms with Crippen molar-refractivity contribution in [2.45, 2.75) is 6.92 Å². The molecule has 0 radical (unpaired) electrons. The third kappa shape index (κ3) is 1.70. The molecule has 0 unspecified atom stereocenters. The smallest absolute Gasteiger partial charge is 0.0837 e. The van der Waals surface area contributed by atoms with Crippen molar-refractivity contribution in [1.29, 1.82) is 0 Å². The summed E-state index contributed by atoms with van der Waals surface area (Å²) in [4.78, 5) is 0. The van der Waals surface area contributed by atoms with E-state index < -0.39 is 0 Å². The standard InChI is InChI=1S/C8H10N2O/c1-6(10-11)7-3-2-4-8(9)5-7/h2-5,11H,9H2,1H3. The molecule has 3 heteroatoms. The Balaban J connectivity index is 3.06. The normalized spacial score (nSPS) is 11.5. The van der Waals surface area contributed by atoms with Crippen molar-refractivity contribution in [3.05, 3.63) is 29.8 Å². The van der Waals surface area contributed by atoms with Gasteiger partial charge in [-0.05, 0) is 19.1 Å². The van der Waals surface area contributed by atoms with Gasteiger partial charge in [0.25, 0.3) is 0 Å². The summed E-state index contributed by atoms with van der Waals surface area (Å²) in [6.45, 7) is 1.72. The highest BCUT2D eigenvalue weighted by Gasteiger charge is 1.95. The second-order valence-electron chi connectivity index (χ2n) is 2.31. The molecule has 0 saturated carbocycles. The first kappa shape index (κ1) is 7.60. The van der Waals surface area contributed by atoms with Gasteiger partial charge >= 0.3 is 0 Å². The molecule has 0 aromatic heterocycles. The van der Waals surface area contributed by atoms with E-state index in [0.717, 1.165) is 5.56 Å². The Labute approximate surface area is 65.1 Å². The molecule has 0 atom stereocenters. The van der Waals surface area contributed by atoms with Crippen LogP contribution in [0.25, 0.3) is 0 Å². The SMILES string of the molecule is CC(=NO)c1cccc(N)c1. The van der Waals surface area contributed by atoms with Crippen molar-refractivity contribution in [2.24, 2.45) is 5.16 Å². The predicted molar refractivity (Wildman–Crippen MR) is 44.9 cm³/mol. The molecule has 1 aromatic carbocycles. The maximum absolute atomic E-state index is 8.43. The molecule has 58 valence electrons. The highest BCUT2D eigenvalue weighted by atomic mass is 16.4. The lowest BCUT2D eigenvalue weighted by molar-refractivity contribution is 0.319. The second kappa shape index (κ2) is 3.05. The van der Waals surface area contributed by atoms with Crippen molar-refractivity contribution >= 4 is 11.4 Å². The van der Waals surface area contributed by atoms with Gasteiger partial charge in [0.1, 0.15) is 0 Å². The molecular formula is C8H10N2O. The first-order chi connectivity index (χ1) is 5.24. The number of hydrogen-bond acceptors (Lipinski definition) is 3. The van der Waals surface area contributed by atoms with E-state index in [2.05, 4.69) is 5.16 Å². The van der Waals surface area contributed by atoms with Crippen LogP contribution in [0, 0.1) is 0 Å². The fourth-order valence-electron chi connectivity index (χ4n) is 0.821. The lowest BCUT2D eigenvalue weighted by atomic mass is 10.1. The summed E-state index contributed by atoms with van der Waals surface area (Å²) < 4.78 is 0. The first-order valence-corrected chi connectivity index (χ1v) is 3.28. The molecule has 0 heterocycles. The number of oxime groups is 1. The van der Waals surface area contributed by atoms with Gasteiger partial charge in [-0.1, -0.05) is 17.3 Å². The molecule has 0 fully saturated rings. The van der Waals surface area contributed by atoms with Crippen LogP contribution >= 0.6 is 0 Å². The van der Waals surface area contributed by atoms with Crippen LogP contribution in [-0.4, -0.2) is 10.9 Å². The monoisotopic (exact) mass is 150 g/mol. The molecular weight excluding hydrogens is 140 g/mol. The second-order valence-corrected chi connectivity index (χ2v) is 2.31. The summed E-state index contributed by atoms with van der Waals surface area (Å²) in [5.74, 6) is 0. The maximum atomic E-state index is 8.43. The first-order valence-electron chi connectivity index (χ1n) is 3.28. The molecule has 3 nitrogen and oxygen atoms in total. The topological polar surface area (TPSA) is 58.6 Å². The number of nitrogens with zero attached hydrogens (tertiary/aromatic N) is 1. The molecule has 1 rings (SSSR count).